The van der Waals surface area contributed by atoms with Gasteiger partial charge in [-0.05, 0) is 32.1 Å². The van der Waals surface area contributed by atoms with Crippen molar-refractivity contribution in [2.45, 2.75) is 18.9 Å². The van der Waals surface area contributed by atoms with Crippen molar-refractivity contribution in [2.24, 2.45) is 0 Å². The van der Waals surface area contributed by atoms with E-state index in [4.69, 9.17) is 4.42 Å². The highest BCUT2D eigenvalue weighted by Crippen LogP contribution is 2.06. The molecule has 3 heteroatoms. The van der Waals surface area contributed by atoms with Crippen molar-refractivity contribution in [1.29, 1.82) is 0 Å². The Labute approximate surface area is 85.1 Å². The molecule has 1 aromatic rings. The molecule has 0 saturated carbocycles. The number of hydrogen-bond acceptors (Lipinski definition) is 3. The van der Waals surface area contributed by atoms with Gasteiger partial charge in [-0.15, -0.1) is 0 Å². The van der Waals surface area contributed by atoms with Gasteiger partial charge in [0.25, 0.3) is 0 Å². The summed E-state index contributed by atoms with van der Waals surface area (Å²) in [6, 6.07) is 4.65. The second kappa shape index (κ2) is 4.62. The van der Waals surface area contributed by atoms with Crippen LogP contribution in [0.5, 0.6) is 0 Å². The zero-order valence-corrected chi connectivity index (χ0v) is 8.70. The number of likely N-dealkylation sites (tertiary alicyclic amines) is 1. The van der Waals surface area contributed by atoms with E-state index >= 15 is 0 Å². The Morgan fingerprint density at radius 1 is 1.64 bits per heavy atom. The number of nitrogens with zero attached hydrogens (tertiary/aromatic N) is 1. The SMILES string of the molecule is CN1CCC(NCCc2ccco2)C1. The van der Waals surface area contributed by atoms with E-state index in [2.05, 4.69) is 17.3 Å². The lowest BCUT2D eigenvalue weighted by Gasteiger charge is -2.11. The van der Waals surface area contributed by atoms with Crippen LogP contribution in [-0.4, -0.2) is 37.6 Å². The molecule has 0 amide bonds. The Bertz CT molecular complexity index is 258. The molecule has 1 fully saturated rings. The Hall–Kier alpha value is -0.800. The molecule has 2 rings (SSSR count). The summed E-state index contributed by atoms with van der Waals surface area (Å²) in [7, 11) is 2.17. The molecule has 0 radical (unpaired) electrons. The zero-order valence-electron chi connectivity index (χ0n) is 8.70. The van der Waals surface area contributed by atoms with Crippen molar-refractivity contribution >= 4 is 0 Å². The van der Waals surface area contributed by atoms with Crippen LogP contribution in [0.2, 0.25) is 0 Å². The molecule has 1 atom stereocenters. The highest BCUT2D eigenvalue weighted by atomic mass is 16.3. The van der Waals surface area contributed by atoms with Crippen molar-refractivity contribution in [1.82, 2.24) is 10.2 Å². The summed E-state index contributed by atoms with van der Waals surface area (Å²) in [5.74, 6) is 1.07. The normalized spacial score (nSPS) is 23.1. The summed E-state index contributed by atoms with van der Waals surface area (Å²) in [4.78, 5) is 2.37. The molecule has 1 aliphatic heterocycles. The maximum Gasteiger partial charge on any atom is 0.105 e. The lowest BCUT2D eigenvalue weighted by molar-refractivity contribution is 0.396. The minimum absolute atomic E-state index is 0.676. The number of furan rings is 1. The van der Waals surface area contributed by atoms with Crippen LogP contribution < -0.4 is 5.32 Å². The smallest absolute Gasteiger partial charge is 0.105 e. The van der Waals surface area contributed by atoms with Gasteiger partial charge in [-0.1, -0.05) is 0 Å². The molecule has 1 unspecified atom stereocenters. The number of rotatable bonds is 4. The fourth-order valence-corrected chi connectivity index (χ4v) is 1.96. The number of likely N-dealkylation sites (N-methyl/N-ethyl adjacent to an activating group) is 1. The van der Waals surface area contributed by atoms with Crippen molar-refractivity contribution < 1.29 is 4.42 Å². The second-order valence-electron chi connectivity index (χ2n) is 4.03. The third-order valence-electron chi connectivity index (χ3n) is 2.78. The van der Waals surface area contributed by atoms with E-state index in [1.54, 1.807) is 6.26 Å². The van der Waals surface area contributed by atoms with E-state index in [0.29, 0.717) is 6.04 Å². The van der Waals surface area contributed by atoms with Gasteiger partial charge in [0.2, 0.25) is 0 Å². The first kappa shape index (κ1) is 9.74. The molecule has 0 bridgehead atoms. The third-order valence-corrected chi connectivity index (χ3v) is 2.78. The van der Waals surface area contributed by atoms with Crippen molar-refractivity contribution in [3.8, 4) is 0 Å². The van der Waals surface area contributed by atoms with Gasteiger partial charge in [0.05, 0.1) is 6.26 Å². The van der Waals surface area contributed by atoms with E-state index in [9.17, 15) is 0 Å². The van der Waals surface area contributed by atoms with Crippen molar-refractivity contribution in [3.63, 3.8) is 0 Å². The monoisotopic (exact) mass is 194 g/mol. The predicted octanol–water partition coefficient (Wildman–Crippen LogP) is 1.12. The van der Waals surface area contributed by atoms with Gasteiger partial charge in [0.15, 0.2) is 0 Å². The molecular weight excluding hydrogens is 176 g/mol. The van der Waals surface area contributed by atoms with Crippen LogP contribution in [0.25, 0.3) is 0 Å². The average Bonchev–Trinajstić information content (AvgIpc) is 2.77. The van der Waals surface area contributed by atoms with Crippen molar-refractivity contribution in [2.75, 3.05) is 26.7 Å². The molecule has 0 spiro atoms. The summed E-state index contributed by atoms with van der Waals surface area (Å²) in [6.45, 7) is 3.42. The lowest BCUT2D eigenvalue weighted by Crippen LogP contribution is -2.32. The topological polar surface area (TPSA) is 28.4 Å². The van der Waals surface area contributed by atoms with Gasteiger partial charge in [0, 0.05) is 25.6 Å². The maximum atomic E-state index is 5.27. The molecule has 78 valence electrons. The molecule has 2 heterocycles. The van der Waals surface area contributed by atoms with Gasteiger partial charge in [0.1, 0.15) is 5.76 Å². The van der Waals surface area contributed by atoms with Gasteiger partial charge >= 0.3 is 0 Å². The Morgan fingerprint density at radius 3 is 3.21 bits per heavy atom. The van der Waals surface area contributed by atoms with Crippen LogP contribution in [-0.2, 0) is 6.42 Å². The summed E-state index contributed by atoms with van der Waals surface area (Å²) >= 11 is 0. The van der Waals surface area contributed by atoms with Gasteiger partial charge in [-0.3, -0.25) is 0 Å². The Kier molecular flexibility index (Phi) is 3.22. The van der Waals surface area contributed by atoms with E-state index < -0.39 is 0 Å². The van der Waals surface area contributed by atoms with Crippen LogP contribution in [0.3, 0.4) is 0 Å². The lowest BCUT2D eigenvalue weighted by atomic mass is 10.2. The van der Waals surface area contributed by atoms with E-state index in [0.717, 1.165) is 18.7 Å². The van der Waals surface area contributed by atoms with Crippen LogP contribution in [0.15, 0.2) is 22.8 Å². The minimum Gasteiger partial charge on any atom is -0.469 e. The highest BCUT2D eigenvalue weighted by molar-refractivity contribution is 4.98. The Balaban J connectivity index is 1.64. The molecule has 14 heavy (non-hydrogen) atoms. The van der Waals surface area contributed by atoms with Crippen molar-refractivity contribution in [3.05, 3.63) is 24.2 Å². The minimum atomic E-state index is 0.676. The second-order valence-corrected chi connectivity index (χ2v) is 4.03. The highest BCUT2D eigenvalue weighted by Gasteiger charge is 2.18. The third kappa shape index (κ3) is 2.59. The van der Waals surface area contributed by atoms with Crippen LogP contribution in [0.4, 0.5) is 0 Å². The van der Waals surface area contributed by atoms with Crippen LogP contribution in [0.1, 0.15) is 12.2 Å². The van der Waals surface area contributed by atoms with E-state index in [1.807, 2.05) is 12.1 Å². The fourth-order valence-electron chi connectivity index (χ4n) is 1.96. The first-order valence-electron chi connectivity index (χ1n) is 5.29. The summed E-state index contributed by atoms with van der Waals surface area (Å²) in [6.07, 6.45) is 4.00. The summed E-state index contributed by atoms with van der Waals surface area (Å²) in [5.41, 5.74) is 0. The molecule has 1 saturated heterocycles. The molecule has 0 aromatic carbocycles. The quantitative estimate of drug-likeness (QED) is 0.778. The Morgan fingerprint density at radius 2 is 2.57 bits per heavy atom. The molecule has 1 aromatic heterocycles. The molecule has 1 N–H and O–H groups in total. The summed E-state index contributed by atoms with van der Waals surface area (Å²) in [5, 5.41) is 3.55. The fraction of sp³-hybridized carbons (Fsp3) is 0.636. The van der Waals surface area contributed by atoms with Gasteiger partial charge in [-0.2, -0.15) is 0 Å². The average molecular weight is 194 g/mol. The van der Waals surface area contributed by atoms with Crippen LogP contribution in [0, 0.1) is 0 Å². The number of nitrogens with one attached hydrogen (secondary N) is 1. The molecule has 0 aliphatic carbocycles. The van der Waals surface area contributed by atoms with Gasteiger partial charge in [-0.25, -0.2) is 0 Å². The standard InChI is InChI=1S/C11H18N2O/c1-13-7-5-10(9-13)12-6-4-11-3-2-8-14-11/h2-3,8,10,12H,4-7,9H2,1H3. The molecule has 3 nitrogen and oxygen atoms in total. The maximum absolute atomic E-state index is 5.27. The van der Waals surface area contributed by atoms with E-state index in [-0.39, 0.29) is 0 Å². The van der Waals surface area contributed by atoms with Gasteiger partial charge < -0.3 is 14.6 Å². The predicted molar refractivity (Wildman–Crippen MR) is 56.3 cm³/mol. The first-order valence-corrected chi connectivity index (χ1v) is 5.29. The zero-order chi connectivity index (χ0) is 9.80. The first-order chi connectivity index (χ1) is 6.84. The van der Waals surface area contributed by atoms with Crippen LogP contribution >= 0.6 is 0 Å². The molecule has 1 aliphatic rings. The summed E-state index contributed by atoms with van der Waals surface area (Å²) < 4.78 is 5.27. The molecular formula is C11H18N2O. The van der Waals surface area contributed by atoms with E-state index in [1.165, 1.54) is 19.5 Å². The largest absolute Gasteiger partial charge is 0.469 e. The number of hydrogen-bond donors (Lipinski definition) is 1.